The Morgan fingerprint density at radius 1 is 1.21 bits per heavy atom. The Morgan fingerprint density at radius 3 is 2.66 bits per heavy atom. The molecule has 2 aromatic carbocycles. The molecule has 150 valence electrons. The van der Waals surface area contributed by atoms with Crippen LogP contribution in [-0.2, 0) is 4.79 Å². The van der Waals surface area contributed by atoms with Gasteiger partial charge in [-0.1, -0.05) is 39.8 Å². The molecule has 9 heteroatoms. The zero-order valence-electron chi connectivity index (χ0n) is 16.1. The first-order chi connectivity index (χ1) is 14.0. The molecule has 0 fully saturated rings. The lowest BCUT2D eigenvalue weighted by molar-refractivity contribution is -0.116. The number of benzene rings is 2. The number of aryl methyl sites for hydroxylation is 2. The van der Waals surface area contributed by atoms with Crippen molar-refractivity contribution in [2.24, 2.45) is 0 Å². The first kappa shape index (κ1) is 19.8. The summed E-state index contributed by atoms with van der Waals surface area (Å²) < 4.78 is 8.06. The molecule has 0 unspecified atom stereocenters. The highest BCUT2D eigenvalue weighted by Crippen LogP contribution is 2.38. The van der Waals surface area contributed by atoms with E-state index in [2.05, 4.69) is 36.9 Å². The highest BCUT2D eigenvalue weighted by molar-refractivity contribution is 9.10. The van der Waals surface area contributed by atoms with Crippen molar-refractivity contribution in [2.75, 3.05) is 17.9 Å². The van der Waals surface area contributed by atoms with E-state index in [9.17, 15) is 4.79 Å². The van der Waals surface area contributed by atoms with E-state index < -0.39 is 5.25 Å². The van der Waals surface area contributed by atoms with Crippen LogP contribution in [0.1, 0.15) is 23.0 Å². The van der Waals surface area contributed by atoms with Crippen LogP contribution >= 0.6 is 27.7 Å². The summed E-state index contributed by atoms with van der Waals surface area (Å²) in [6.07, 6.45) is 0. The predicted molar refractivity (Wildman–Crippen MR) is 117 cm³/mol. The van der Waals surface area contributed by atoms with Gasteiger partial charge in [0.05, 0.1) is 13.2 Å². The zero-order valence-corrected chi connectivity index (χ0v) is 18.5. The van der Waals surface area contributed by atoms with Gasteiger partial charge in [-0.3, -0.25) is 4.79 Å². The number of methoxy groups -OCH3 is 1. The topological polar surface area (TPSA) is 81.1 Å². The van der Waals surface area contributed by atoms with E-state index in [-0.39, 0.29) is 11.9 Å². The number of ether oxygens (including phenoxy) is 1. The van der Waals surface area contributed by atoms with Crippen molar-refractivity contribution >= 4 is 39.3 Å². The molecule has 1 amide bonds. The maximum Gasteiger partial charge on any atom is 0.240 e. The molecule has 2 heterocycles. The fourth-order valence-electron chi connectivity index (χ4n) is 3.19. The lowest BCUT2D eigenvalue weighted by Gasteiger charge is -2.33. The molecule has 3 aromatic rings. The van der Waals surface area contributed by atoms with E-state index in [0.717, 1.165) is 32.9 Å². The molecule has 0 bridgehead atoms. The highest BCUT2D eigenvalue weighted by atomic mass is 79.9. The number of amides is 1. The number of anilines is 1. The van der Waals surface area contributed by atoms with Gasteiger partial charge in [-0.2, -0.15) is 0 Å². The number of fused-ring (bicyclic) bond motifs is 1. The maximum atomic E-state index is 13.3. The van der Waals surface area contributed by atoms with Gasteiger partial charge in [0, 0.05) is 10.2 Å². The van der Waals surface area contributed by atoms with Crippen LogP contribution in [0.3, 0.4) is 0 Å². The quantitative estimate of drug-likeness (QED) is 0.594. The van der Waals surface area contributed by atoms with Gasteiger partial charge in [-0.05, 0) is 55.3 Å². The number of halogens is 1. The molecule has 7 nitrogen and oxygen atoms in total. The van der Waals surface area contributed by atoms with Crippen LogP contribution in [0.2, 0.25) is 0 Å². The minimum Gasteiger partial charge on any atom is -0.497 e. The Balaban J connectivity index is 1.66. The Hall–Kier alpha value is -2.52. The molecule has 1 aromatic heterocycles. The van der Waals surface area contributed by atoms with Crippen LogP contribution < -0.4 is 15.5 Å². The van der Waals surface area contributed by atoms with Gasteiger partial charge in [0.25, 0.3) is 0 Å². The van der Waals surface area contributed by atoms with Crippen molar-refractivity contribution in [1.82, 2.24) is 14.9 Å². The number of hydrogen-bond acceptors (Lipinski definition) is 6. The van der Waals surface area contributed by atoms with Crippen molar-refractivity contribution in [3.63, 3.8) is 0 Å². The molecule has 29 heavy (non-hydrogen) atoms. The molecular weight excluding hydrogens is 454 g/mol. The summed E-state index contributed by atoms with van der Waals surface area (Å²) in [5.41, 5.74) is 6.15. The third kappa shape index (κ3) is 3.97. The van der Waals surface area contributed by atoms with Gasteiger partial charge in [0.15, 0.2) is 0 Å². The minimum atomic E-state index is -0.428. The van der Waals surface area contributed by atoms with Crippen LogP contribution in [-0.4, -0.2) is 33.1 Å². The van der Waals surface area contributed by atoms with E-state index >= 15 is 0 Å². The van der Waals surface area contributed by atoms with E-state index in [0.29, 0.717) is 5.16 Å². The molecule has 2 atom stereocenters. The van der Waals surface area contributed by atoms with Crippen molar-refractivity contribution in [2.45, 2.75) is 30.3 Å². The summed E-state index contributed by atoms with van der Waals surface area (Å²) >= 11 is 4.86. The van der Waals surface area contributed by atoms with Crippen LogP contribution in [0.25, 0.3) is 0 Å². The fourth-order valence-corrected chi connectivity index (χ4v) is 4.79. The Kier molecular flexibility index (Phi) is 5.51. The molecule has 0 spiro atoms. The second-order valence-electron chi connectivity index (χ2n) is 6.73. The van der Waals surface area contributed by atoms with E-state index in [4.69, 9.17) is 4.74 Å². The highest BCUT2D eigenvalue weighted by Gasteiger charge is 2.37. The maximum absolute atomic E-state index is 13.3. The summed E-state index contributed by atoms with van der Waals surface area (Å²) in [6, 6.07) is 13.2. The Bertz CT molecular complexity index is 1050. The number of carbonyl (C=O) groups excluding carboxylic acids is 1. The smallest absolute Gasteiger partial charge is 0.240 e. The first-order valence-corrected chi connectivity index (χ1v) is 10.7. The van der Waals surface area contributed by atoms with Crippen molar-refractivity contribution in [3.8, 4) is 5.75 Å². The molecule has 2 N–H and O–H groups in total. The molecule has 4 rings (SSSR count). The largest absolute Gasteiger partial charge is 0.497 e. The standard InChI is InChI=1S/C20H20BrN5O2S/c1-11-10-14(21)6-9-16(11)22-19(27)18-17(13-4-7-15(28-3)8-5-13)25-26-12(2)23-24-20(26)29-18/h4-10,17-18,25H,1-3H3,(H,22,27)/t17-,18+/m0/s1. The van der Waals surface area contributed by atoms with Crippen LogP contribution in [0, 0.1) is 13.8 Å². The second-order valence-corrected chi connectivity index (χ2v) is 8.76. The summed E-state index contributed by atoms with van der Waals surface area (Å²) in [5.74, 6) is 1.42. The SMILES string of the molecule is COc1ccc([C@@H]2Nn3c(C)nnc3S[C@H]2C(=O)Nc2ccc(Br)cc2C)cc1. The second kappa shape index (κ2) is 8.08. The Morgan fingerprint density at radius 2 is 1.97 bits per heavy atom. The van der Waals surface area contributed by atoms with Gasteiger partial charge < -0.3 is 15.5 Å². The predicted octanol–water partition coefficient (Wildman–Crippen LogP) is 4.06. The average Bonchev–Trinajstić information content (AvgIpc) is 3.09. The normalized spacial score (nSPS) is 17.9. The van der Waals surface area contributed by atoms with Gasteiger partial charge >= 0.3 is 0 Å². The molecule has 1 aliphatic rings. The summed E-state index contributed by atoms with van der Waals surface area (Å²) in [7, 11) is 1.63. The molecule has 0 radical (unpaired) electrons. The molecule has 0 aliphatic carbocycles. The van der Waals surface area contributed by atoms with Crippen molar-refractivity contribution < 1.29 is 9.53 Å². The van der Waals surface area contributed by atoms with Crippen LogP contribution in [0.4, 0.5) is 5.69 Å². The van der Waals surface area contributed by atoms with Crippen molar-refractivity contribution in [1.29, 1.82) is 0 Å². The van der Waals surface area contributed by atoms with E-state index in [1.165, 1.54) is 11.8 Å². The fraction of sp³-hybridized carbons (Fsp3) is 0.250. The van der Waals surface area contributed by atoms with E-state index in [1.807, 2.05) is 61.0 Å². The number of hydrogen-bond donors (Lipinski definition) is 2. The number of nitrogens with zero attached hydrogens (tertiary/aromatic N) is 3. The summed E-state index contributed by atoms with van der Waals surface area (Å²) in [6.45, 7) is 3.84. The zero-order chi connectivity index (χ0) is 20.5. The third-order valence-corrected chi connectivity index (χ3v) is 6.49. The molecule has 0 saturated heterocycles. The molecular formula is C20H20BrN5O2S. The Labute approximate surface area is 181 Å². The van der Waals surface area contributed by atoms with Gasteiger partial charge in [0.2, 0.25) is 11.1 Å². The lowest BCUT2D eigenvalue weighted by Crippen LogP contribution is -2.41. The summed E-state index contributed by atoms with van der Waals surface area (Å²) in [5, 5.41) is 11.6. The van der Waals surface area contributed by atoms with Crippen molar-refractivity contribution in [3.05, 3.63) is 63.9 Å². The number of nitrogens with one attached hydrogen (secondary N) is 2. The van der Waals surface area contributed by atoms with Gasteiger partial charge in [-0.15, -0.1) is 10.2 Å². The molecule has 1 aliphatic heterocycles. The monoisotopic (exact) mass is 473 g/mol. The van der Waals surface area contributed by atoms with E-state index in [1.54, 1.807) is 7.11 Å². The number of thioether (sulfide) groups is 1. The average molecular weight is 474 g/mol. The molecule has 0 saturated carbocycles. The first-order valence-electron chi connectivity index (χ1n) is 9.02. The van der Waals surface area contributed by atoms with Crippen LogP contribution in [0.15, 0.2) is 52.1 Å². The third-order valence-electron chi connectivity index (χ3n) is 4.78. The van der Waals surface area contributed by atoms with Gasteiger partial charge in [-0.25, -0.2) is 4.68 Å². The number of rotatable bonds is 4. The van der Waals surface area contributed by atoms with Crippen LogP contribution in [0.5, 0.6) is 5.75 Å². The summed E-state index contributed by atoms with van der Waals surface area (Å²) in [4.78, 5) is 13.3. The lowest BCUT2D eigenvalue weighted by atomic mass is 10.0. The number of aromatic nitrogens is 3. The number of carbonyl (C=O) groups is 1. The minimum absolute atomic E-state index is 0.0966. The van der Waals surface area contributed by atoms with Gasteiger partial charge in [0.1, 0.15) is 16.8 Å².